The standard InChI is InChI=1S/C31H26F3NO2/c1-2-36-27-20-18-23(19-21-27)28-22-30(31(32,33)34,37-35(28)26-16-10-5-11-17-26)29(24-12-6-3-7-13-24)25-14-8-4-9-15-25/h3-22,29H,2H2,1H3. The molecular weight excluding hydrogens is 475 g/mol. The molecule has 0 radical (unpaired) electrons. The number of hydrogen-bond donors (Lipinski definition) is 0. The summed E-state index contributed by atoms with van der Waals surface area (Å²) in [5.74, 6) is -0.508. The summed E-state index contributed by atoms with van der Waals surface area (Å²) in [5.41, 5.74) is -0.277. The summed E-state index contributed by atoms with van der Waals surface area (Å²) in [4.78, 5) is 6.10. The van der Waals surface area contributed by atoms with Crippen molar-refractivity contribution in [3.8, 4) is 5.75 Å². The van der Waals surface area contributed by atoms with Crippen LogP contribution in [0.2, 0.25) is 0 Å². The lowest BCUT2D eigenvalue weighted by Gasteiger charge is -2.38. The van der Waals surface area contributed by atoms with Crippen LogP contribution in [-0.2, 0) is 4.84 Å². The minimum absolute atomic E-state index is 0.309. The second-order valence-electron chi connectivity index (χ2n) is 8.75. The van der Waals surface area contributed by atoms with Gasteiger partial charge in [0.2, 0.25) is 5.60 Å². The first-order valence-electron chi connectivity index (χ1n) is 12.1. The van der Waals surface area contributed by atoms with E-state index >= 15 is 13.2 Å². The van der Waals surface area contributed by atoms with Gasteiger partial charge in [0.25, 0.3) is 0 Å². The molecule has 0 aliphatic carbocycles. The van der Waals surface area contributed by atoms with E-state index in [2.05, 4.69) is 0 Å². The van der Waals surface area contributed by atoms with Gasteiger partial charge in [-0.3, -0.25) is 0 Å². The van der Waals surface area contributed by atoms with E-state index in [1.165, 1.54) is 11.1 Å². The van der Waals surface area contributed by atoms with Crippen LogP contribution in [0.1, 0.15) is 29.5 Å². The molecule has 0 saturated heterocycles. The van der Waals surface area contributed by atoms with Crippen LogP contribution in [0.3, 0.4) is 0 Å². The van der Waals surface area contributed by atoms with Gasteiger partial charge in [-0.1, -0.05) is 78.9 Å². The molecule has 1 atom stereocenters. The Hall–Kier alpha value is -4.03. The molecule has 188 valence electrons. The molecule has 0 bridgehead atoms. The van der Waals surface area contributed by atoms with Crippen molar-refractivity contribution in [3.05, 3.63) is 138 Å². The van der Waals surface area contributed by atoms with Crippen molar-refractivity contribution in [1.82, 2.24) is 0 Å². The highest BCUT2D eigenvalue weighted by Gasteiger charge is 2.65. The third-order valence-electron chi connectivity index (χ3n) is 6.40. The highest BCUT2D eigenvalue weighted by atomic mass is 19.4. The second-order valence-corrected chi connectivity index (χ2v) is 8.75. The number of hydroxylamine groups is 1. The normalized spacial score (nSPS) is 17.6. The molecule has 1 aliphatic rings. The van der Waals surface area contributed by atoms with Gasteiger partial charge < -0.3 is 4.74 Å². The van der Waals surface area contributed by atoms with Gasteiger partial charge in [0.1, 0.15) is 5.75 Å². The molecule has 0 N–H and O–H groups in total. The van der Waals surface area contributed by atoms with Crippen molar-refractivity contribution in [2.75, 3.05) is 11.7 Å². The molecule has 4 aromatic rings. The van der Waals surface area contributed by atoms with E-state index in [0.717, 1.165) is 0 Å². The number of rotatable bonds is 7. The Morgan fingerprint density at radius 2 is 1.27 bits per heavy atom. The van der Waals surface area contributed by atoms with E-state index in [1.807, 2.05) is 13.0 Å². The Balaban J connectivity index is 1.74. The first-order valence-corrected chi connectivity index (χ1v) is 12.1. The number of halogens is 3. The quantitative estimate of drug-likeness (QED) is 0.256. The molecule has 1 aliphatic heterocycles. The lowest BCUT2D eigenvalue weighted by molar-refractivity contribution is -0.257. The summed E-state index contributed by atoms with van der Waals surface area (Å²) in [6.07, 6.45) is -3.52. The van der Waals surface area contributed by atoms with Gasteiger partial charge in [0, 0.05) is 5.56 Å². The van der Waals surface area contributed by atoms with E-state index in [-0.39, 0.29) is 0 Å². The zero-order valence-electron chi connectivity index (χ0n) is 20.2. The zero-order chi connectivity index (χ0) is 25.9. The summed E-state index contributed by atoms with van der Waals surface area (Å²) < 4.78 is 51.6. The van der Waals surface area contributed by atoms with Crippen LogP contribution in [0.4, 0.5) is 18.9 Å². The van der Waals surface area contributed by atoms with E-state index in [4.69, 9.17) is 9.57 Å². The Labute approximate surface area is 214 Å². The van der Waals surface area contributed by atoms with Gasteiger partial charge in [-0.15, -0.1) is 0 Å². The van der Waals surface area contributed by atoms with Gasteiger partial charge in [0.15, 0.2) is 0 Å². The first-order chi connectivity index (χ1) is 17.9. The molecule has 3 nitrogen and oxygen atoms in total. The first kappa shape index (κ1) is 24.7. The van der Waals surface area contributed by atoms with Crippen LogP contribution >= 0.6 is 0 Å². The third kappa shape index (κ3) is 4.72. The Bertz CT molecular complexity index is 1300. The second kappa shape index (κ2) is 10.1. The van der Waals surface area contributed by atoms with Crippen LogP contribution in [0.25, 0.3) is 5.70 Å². The van der Waals surface area contributed by atoms with Crippen molar-refractivity contribution in [3.63, 3.8) is 0 Å². The lowest BCUT2D eigenvalue weighted by Crippen LogP contribution is -2.51. The Kier molecular flexibility index (Phi) is 6.76. The molecule has 37 heavy (non-hydrogen) atoms. The maximum atomic E-state index is 15.4. The number of hydrogen-bond acceptors (Lipinski definition) is 3. The molecular formula is C31H26F3NO2. The number of anilines is 1. The van der Waals surface area contributed by atoms with Crippen LogP contribution in [0.5, 0.6) is 5.75 Å². The number of ether oxygens (including phenoxy) is 1. The van der Waals surface area contributed by atoms with Crippen molar-refractivity contribution in [2.45, 2.75) is 24.6 Å². The molecule has 5 rings (SSSR count). The Morgan fingerprint density at radius 3 is 1.76 bits per heavy atom. The molecule has 4 aromatic carbocycles. The summed E-state index contributed by atoms with van der Waals surface area (Å²) in [7, 11) is 0. The maximum Gasteiger partial charge on any atom is 0.424 e. The van der Waals surface area contributed by atoms with Crippen molar-refractivity contribution in [1.29, 1.82) is 0 Å². The van der Waals surface area contributed by atoms with Crippen molar-refractivity contribution in [2.24, 2.45) is 0 Å². The average molecular weight is 502 g/mol. The van der Waals surface area contributed by atoms with Crippen molar-refractivity contribution >= 4 is 11.4 Å². The minimum atomic E-state index is -4.75. The predicted octanol–water partition coefficient (Wildman–Crippen LogP) is 8.01. The monoisotopic (exact) mass is 501 g/mol. The number of alkyl halides is 3. The van der Waals surface area contributed by atoms with E-state index in [0.29, 0.717) is 40.4 Å². The van der Waals surface area contributed by atoms with Crippen LogP contribution < -0.4 is 9.80 Å². The molecule has 1 heterocycles. The third-order valence-corrected chi connectivity index (χ3v) is 6.40. The van der Waals surface area contributed by atoms with E-state index in [9.17, 15) is 0 Å². The zero-order valence-corrected chi connectivity index (χ0v) is 20.2. The summed E-state index contributed by atoms with van der Waals surface area (Å²) >= 11 is 0. The van der Waals surface area contributed by atoms with E-state index in [1.54, 1.807) is 109 Å². The van der Waals surface area contributed by atoms with Gasteiger partial charge >= 0.3 is 6.18 Å². The highest BCUT2D eigenvalue weighted by molar-refractivity contribution is 5.81. The highest BCUT2D eigenvalue weighted by Crippen LogP contribution is 2.54. The van der Waals surface area contributed by atoms with Crippen LogP contribution in [-0.4, -0.2) is 18.4 Å². The van der Waals surface area contributed by atoms with Crippen molar-refractivity contribution < 1.29 is 22.7 Å². The smallest absolute Gasteiger partial charge is 0.424 e. The van der Waals surface area contributed by atoms with E-state index < -0.39 is 17.7 Å². The van der Waals surface area contributed by atoms with Gasteiger partial charge in [-0.05, 0) is 60.5 Å². The molecule has 0 saturated carbocycles. The summed E-state index contributed by atoms with van der Waals surface area (Å²) in [6.45, 7) is 2.37. The topological polar surface area (TPSA) is 21.7 Å². The maximum absolute atomic E-state index is 15.4. The van der Waals surface area contributed by atoms with Crippen LogP contribution in [0.15, 0.2) is 121 Å². The molecule has 1 unspecified atom stereocenters. The fourth-order valence-corrected chi connectivity index (χ4v) is 4.74. The van der Waals surface area contributed by atoms with Crippen LogP contribution in [0, 0.1) is 0 Å². The van der Waals surface area contributed by atoms with Gasteiger partial charge in [-0.2, -0.15) is 13.2 Å². The summed E-state index contributed by atoms with van der Waals surface area (Å²) in [6, 6.07) is 33.2. The number of para-hydroxylation sites is 1. The SMILES string of the molecule is CCOc1ccc(C2=CC(C(c3ccccc3)c3ccccc3)(C(F)(F)F)ON2c2ccccc2)cc1. The van der Waals surface area contributed by atoms with Gasteiger partial charge in [-0.25, -0.2) is 9.90 Å². The molecule has 6 heteroatoms. The fraction of sp³-hybridized carbons (Fsp3) is 0.161. The van der Waals surface area contributed by atoms with Gasteiger partial charge in [0.05, 0.1) is 23.9 Å². The average Bonchev–Trinajstić information content (AvgIpc) is 3.33. The number of nitrogens with zero attached hydrogens (tertiary/aromatic N) is 1. The predicted molar refractivity (Wildman–Crippen MR) is 139 cm³/mol. The molecule has 0 aromatic heterocycles. The molecule has 0 spiro atoms. The molecule has 0 fully saturated rings. The fourth-order valence-electron chi connectivity index (χ4n) is 4.74. The molecule has 0 amide bonds. The lowest BCUT2D eigenvalue weighted by atomic mass is 9.76. The largest absolute Gasteiger partial charge is 0.494 e. The Morgan fingerprint density at radius 1 is 0.757 bits per heavy atom. The summed E-state index contributed by atoms with van der Waals surface area (Å²) in [5, 5.41) is 1.29. The minimum Gasteiger partial charge on any atom is -0.494 e. The number of benzene rings is 4.